The van der Waals surface area contributed by atoms with Gasteiger partial charge in [-0.3, -0.25) is 4.79 Å². The van der Waals surface area contributed by atoms with Crippen LogP contribution in [-0.4, -0.2) is 12.9 Å². The number of ether oxygens (including phenoxy) is 1. The molecule has 1 aromatic carbocycles. The summed E-state index contributed by atoms with van der Waals surface area (Å²) in [5.74, 6) is -0.252. The number of hydrogen-bond acceptors (Lipinski definition) is 2. The van der Waals surface area contributed by atoms with Gasteiger partial charge in [0.2, 0.25) is 0 Å². The van der Waals surface area contributed by atoms with Crippen molar-refractivity contribution in [3.05, 3.63) is 29.6 Å². The fourth-order valence-electron chi connectivity index (χ4n) is 2.66. The van der Waals surface area contributed by atoms with Crippen LogP contribution in [0.2, 0.25) is 0 Å². The second-order valence-electron chi connectivity index (χ2n) is 4.87. The molecule has 0 heterocycles. The highest BCUT2D eigenvalue weighted by Gasteiger charge is 2.26. The first-order valence-corrected chi connectivity index (χ1v) is 6.60. The second-order valence-corrected chi connectivity index (χ2v) is 4.87. The lowest BCUT2D eigenvalue weighted by Crippen LogP contribution is -2.16. The van der Waals surface area contributed by atoms with Crippen molar-refractivity contribution in [1.82, 2.24) is 0 Å². The van der Waals surface area contributed by atoms with E-state index in [9.17, 15) is 9.18 Å². The maximum Gasteiger partial charge on any atom is 0.172 e. The molecule has 3 heteroatoms. The lowest BCUT2D eigenvalue weighted by Gasteiger charge is -2.15. The maximum atomic E-state index is 13.8. The van der Waals surface area contributed by atoms with E-state index in [4.69, 9.17) is 4.74 Å². The summed E-state index contributed by atoms with van der Waals surface area (Å²) in [6.07, 6.45) is 6.23. The molecule has 1 aromatic rings. The van der Waals surface area contributed by atoms with Crippen LogP contribution in [0.5, 0.6) is 5.75 Å². The minimum atomic E-state index is -0.469. The summed E-state index contributed by atoms with van der Waals surface area (Å²) in [5.41, 5.74) is 0.131. The van der Waals surface area contributed by atoms with E-state index in [2.05, 4.69) is 0 Å². The van der Waals surface area contributed by atoms with Gasteiger partial charge in [-0.05, 0) is 25.0 Å². The SMILES string of the molecule is COc1cccc(F)c1C(=O)C1CCCCCC1. The smallest absolute Gasteiger partial charge is 0.172 e. The molecule has 1 aliphatic carbocycles. The van der Waals surface area contributed by atoms with E-state index in [0.29, 0.717) is 5.75 Å². The number of rotatable bonds is 3. The third-order valence-electron chi connectivity index (χ3n) is 3.67. The quantitative estimate of drug-likeness (QED) is 0.599. The van der Waals surface area contributed by atoms with Crippen LogP contribution >= 0.6 is 0 Å². The van der Waals surface area contributed by atoms with E-state index < -0.39 is 5.82 Å². The van der Waals surface area contributed by atoms with Crippen LogP contribution in [0.3, 0.4) is 0 Å². The second kappa shape index (κ2) is 5.98. The molecule has 0 radical (unpaired) electrons. The first-order chi connectivity index (χ1) is 8.74. The van der Waals surface area contributed by atoms with Gasteiger partial charge in [0.15, 0.2) is 5.78 Å². The van der Waals surface area contributed by atoms with Crippen LogP contribution in [0.1, 0.15) is 48.9 Å². The number of methoxy groups -OCH3 is 1. The van der Waals surface area contributed by atoms with Gasteiger partial charge in [0, 0.05) is 5.92 Å². The van der Waals surface area contributed by atoms with Crippen LogP contribution in [0, 0.1) is 11.7 Å². The van der Waals surface area contributed by atoms with E-state index >= 15 is 0 Å². The summed E-state index contributed by atoms with van der Waals surface area (Å²) >= 11 is 0. The molecule has 2 rings (SSSR count). The molecule has 98 valence electrons. The normalized spacial score (nSPS) is 17.2. The molecular weight excluding hydrogens is 231 g/mol. The molecule has 1 fully saturated rings. The molecule has 0 saturated heterocycles. The molecule has 0 aliphatic heterocycles. The Labute approximate surface area is 107 Å². The molecule has 1 saturated carbocycles. The minimum absolute atomic E-state index is 0.0432. The fourth-order valence-corrected chi connectivity index (χ4v) is 2.66. The Morgan fingerprint density at radius 3 is 2.50 bits per heavy atom. The number of ketones is 1. The van der Waals surface area contributed by atoms with Gasteiger partial charge in [0.05, 0.1) is 12.7 Å². The topological polar surface area (TPSA) is 26.3 Å². The zero-order valence-corrected chi connectivity index (χ0v) is 10.7. The van der Waals surface area contributed by atoms with Crippen molar-refractivity contribution in [2.45, 2.75) is 38.5 Å². The van der Waals surface area contributed by atoms with Gasteiger partial charge in [0.1, 0.15) is 11.6 Å². The van der Waals surface area contributed by atoms with Crippen LogP contribution in [0.25, 0.3) is 0 Å². The van der Waals surface area contributed by atoms with Crippen molar-refractivity contribution in [3.63, 3.8) is 0 Å². The highest BCUT2D eigenvalue weighted by atomic mass is 19.1. The molecule has 0 unspecified atom stereocenters. The first-order valence-electron chi connectivity index (χ1n) is 6.60. The third kappa shape index (κ3) is 2.71. The molecule has 0 aromatic heterocycles. The standard InChI is InChI=1S/C15H19FO2/c1-18-13-10-6-9-12(16)14(13)15(17)11-7-4-2-3-5-8-11/h6,9-11H,2-5,7-8H2,1H3. The third-order valence-corrected chi connectivity index (χ3v) is 3.67. The van der Waals surface area contributed by atoms with Crippen molar-refractivity contribution in [2.24, 2.45) is 5.92 Å². The van der Waals surface area contributed by atoms with Gasteiger partial charge in [-0.15, -0.1) is 0 Å². The molecule has 0 bridgehead atoms. The van der Waals surface area contributed by atoms with E-state index in [1.165, 1.54) is 26.0 Å². The largest absolute Gasteiger partial charge is 0.496 e. The Hall–Kier alpha value is -1.38. The number of carbonyl (C=O) groups is 1. The van der Waals surface area contributed by atoms with Gasteiger partial charge >= 0.3 is 0 Å². The number of Topliss-reactive ketones (excluding diaryl/α,β-unsaturated/α-hetero) is 1. The molecule has 0 N–H and O–H groups in total. The predicted octanol–water partition coefficient (Wildman–Crippen LogP) is 3.99. The number of benzene rings is 1. The lowest BCUT2D eigenvalue weighted by molar-refractivity contribution is 0.0900. The summed E-state index contributed by atoms with van der Waals surface area (Å²) in [6, 6.07) is 4.54. The monoisotopic (exact) mass is 250 g/mol. The minimum Gasteiger partial charge on any atom is -0.496 e. The molecule has 0 spiro atoms. The van der Waals surface area contributed by atoms with Crippen molar-refractivity contribution in [2.75, 3.05) is 7.11 Å². The molecule has 1 aliphatic rings. The molecule has 18 heavy (non-hydrogen) atoms. The van der Waals surface area contributed by atoms with Crippen molar-refractivity contribution < 1.29 is 13.9 Å². The molecule has 0 atom stereocenters. The van der Waals surface area contributed by atoms with Gasteiger partial charge in [-0.2, -0.15) is 0 Å². The van der Waals surface area contributed by atoms with Gasteiger partial charge in [-0.25, -0.2) is 4.39 Å². The summed E-state index contributed by atoms with van der Waals surface area (Å²) < 4.78 is 19.0. The number of hydrogen-bond donors (Lipinski definition) is 0. The van der Waals surface area contributed by atoms with Crippen LogP contribution in [0.15, 0.2) is 18.2 Å². The van der Waals surface area contributed by atoms with E-state index in [1.807, 2.05) is 0 Å². The Balaban J connectivity index is 2.27. The average Bonchev–Trinajstić information content (AvgIpc) is 2.66. The van der Waals surface area contributed by atoms with Gasteiger partial charge in [0.25, 0.3) is 0 Å². The summed E-state index contributed by atoms with van der Waals surface area (Å²) in [7, 11) is 1.47. The van der Waals surface area contributed by atoms with Crippen molar-refractivity contribution in [3.8, 4) is 5.75 Å². The lowest BCUT2D eigenvalue weighted by atomic mass is 9.90. The summed E-state index contributed by atoms with van der Waals surface area (Å²) in [4.78, 5) is 12.4. The summed E-state index contributed by atoms with van der Waals surface area (Å²) in [5, 5.41) is 0. The predicted molar refractivity (Wildman–Crippen MR) is 68.5 cm³/mol. The number of carbonyl (C=O) groups excluding carboxylic acids is 1. The first kappa shape index (κ1) is 13.1. The maximum absolute atomic E-state index is 13.8. The highest BCUT2D eigenvalue weighted by molar-refractivity contribution is 6.00. The summed E-state index contributed by atoms with van der Waals surface area (Å²) in [6.45, 7) is 0. The Bertz CT molecular complexity index is 421. The van der Waals surface area contributed by atoms with Crippen molar-refractivity contribution >= 4 is 5.78 Å². The Morgan fingerprint density at radius 2 is 1.89 bits per heavy atom. The Morgan fingerprint density at radius 1 is 1.22 bits per heavy atom. The zero-order valence-electron chi connectivity index (χ0n) is 10.7. The zero-order chi connectivity index (χ0) is 13.0. The van der Waals surface area contributed by atoms with Gasteiger partial charge < -0.3 is 4.74 Å². The average molecular weight is 250 g/mol. The van der Waals surface area contributed by atoms with Crippen LogP contribution in [-0.2, 0) is 0 Å². The van der Waals surface area contributed by atoms with Crippen LogP contribution < -0.4 is 4.74 Å². The molecule has 2 nitrogen and oxygen atoms in total. The molecule has 0 amide bonds. The van der Waals surface area contributed by atoms with Crippen molar-refractivity contribution in [1.29, 1.82) is 0 Å². The number of halogens is 1. The van der Waals surface area contributed by atoms with E-state index in [-0.39, 0.29) is 17.3 Å². The van der Waals surface area contributed by atoms with E-state index in [0.717, 1.165) is 25.7 Å². The van der Waals surface area contributed by atoms with E-state index in [1.54, 1.807) is 12.1 Å². The molecular formula is C15H19FO2. The Kier molecular flexibility index (Phi) is 4.34. The van der Waals surface area contributed by atoms with Crippen LogP contribution in [0.4, 0.5) is 4.39 Å². The fraction of sp³-hybridized carbons (Fsp3) is 0.533. The van der Waals surface area contributed by atoms with Gasteiger partial charge in [-0.1, -0.05) is 31.7 Å². The highest BCUT2D eigenvalue weighted by Crippen LogP contribution is 2.30.